The largest absolute Gasteiger partial charge is 0.497 e. The number of nitrogens with zero attached hydrogens (tertiary/aromatic N) is 2. The highest BCUT2D eigenvalue weighted by Crippen LogP contribution is 2.28. The summed E-state index contributed by atoms with van der Waals surface area (Å²) >= 11 is 1.41. The molecular formula is C26H24N4O3S. The van der Waals surface area contributed by atoms with Gasteiger partial charge in [0.25, 0.3) is 5.91 Å². The minimum absolute atomic E-state index is 0.221. The standard InChI is InChI=1S/C26H24N4O3S/c1-4-6-21(20(27)5-2)28-25(31)23-15-18-8-7-16(13-22(18)34-23)14-24-29-30-26(33-24)17-9-11-19(32-3)12-10-17/h4-13,15H,1,14,27H2,2-3H3,(H,28,31)/b20-5+,21-6+. The first-order valence-corrected chi connectivity index (χ1v) is 11.4. The van der Waals surface area contributed by atoms with Crippen LogP contribution < -0.4 is 15.8 Å². The SMILES string of the molecule is C=C/C=C(NC(=O)c1cc2ccc(Cc3nnc(-c4ccc(OC)cc4)o3)cc2s1)\C(N)=C/C. The van der Waals surface area contributed by atoms with Crippen LogP contribution in [0.1, 0.15) is 28.0 Å². The van der Waals surface area contributed by atoms with Crippen molar-refractivity contribution in [1.29, 1.82) is 0 Å². The third kappa shape index (κ3) is 5.07. The fourth-order valence-electron chi connectivity index (χ4n) is 3.31. The lowest BCUT2D eigenvalue weighted by Gasteiger charge is -2.08. The van der Waals surface area contributed by atoms with Crippen LogP contribution in [0.2, 0.25) is 0 Å². The summed E-state index contributed by atoms with van der Waals surface area (Å²) in [5.74, 6) is 1.51. The van der Waals surface area contributed by atoms with E-state index in [2.05, 4.69) is 22.1 Å². The summed E-state index contributed by atoms with van der Waals surface area (Å²) < 4.78 is 12.0. The predicted molar refractivity (Wildman–Crippen MR) is 135 cm³/mol. The Morgan fingerprint density at radius 1 is 1.21 bits per heavy atom. The number of aromatic nitrogens is 2. The second-order valence-electron chi connectivity index (χ2n) is 7.40. The summed E-state index contributed by atoms with van der Waals surface area (Å²) in [7, 11) is 1.62. The van der Waals surface area contributed by atoms with Crippen LogP contribution in [0.4, 0.5) is 0 Å². The van der Waals surface area contributed by atoms with Crippen molar-refractivity contribution < 1.29 is 13.9 Å². The van der Waals surface area contributed by atoms with Gasteiger partial charge >= 0.3 is 0 Å². The number of amides is 1. The fourth-order valence-corrected chi connectivity index (χ4v) is 4.34. The maximum Gasteiger partial charge on any atom is 0.265 e. The van der Waals surface area contributed by atoms with Crippen molar-refractivity contribution in [3.63, 3.8) is 0 Å². The molecule has 0 radical (unpaired) electrons. The van der Waals surface area contributed by atoms with E-state index >= 15 is 0 Å². The number of nitrogens with one attached hydrogen (secondary N) is 1. The molecule has 2 heterocycles. The van der Waals surface area contributed by atoms with Crippen molar-refractivity contribution in [1.82, 2.24) is 15.5 Å². The van der Waals surface area contributed by atoms with Crippen molar-refractivity contribution in [2.75, 3.05) is 7.11 Å². The minimum atomic E-state index is -0.221. The van der Waals surface area contributed by atoms with Gasteiger partial charge in [0.05, 0.1) is 29.8 Å². The number of ether oxygens (including phenoxy) is 1. The van der Waals surface area contributed by atoms with Crippen molar-refractivity contribution in [2.45, 2.75) is 13.3 Å². The molecule has 7 nitrogen and oxygen atoms in total. The second-order valence-corrected chi connectivity index (χ2v) is 8.49. The van der Waals surface area contributed by atoms with E-state index < -0.39 is 0 Å². The van der Waals surface area contributed by atoms with E-state index in [0.717, 1.165) is 27.0 Å². The maximum atomic E-state index is 12.8. The third-order valence-electron chi connectivity index (χ3n) is 5.12. The van der Waals surface area contributed by atoms with Crippen LogP contribution in [0.5, 0.6) is 5.75 Å². The highest BCUT2D eigenvalue weighted by atomic mass is 32.1. The Morgan fingerprint density at radius 3 is 2.71 bits per heavy atom. The van der Waals surface area contributed by atoms with Crippen LogP contribution >= 0.6 is 11.3 Å². The van der Waals surface area contributed by atoms with Crippen molar-refractivity contribution >= 4 is 27.3 Å². The summed E-state index contributed by atoms with van der Waals surface area (Å²) in [6.07, 6.45) is 5.47. The molecule has 0 aliphatic rings. The highest BCUT2D eigenvalue weighted by Gasteiger charge is 2.14. The molecule has 0 aliphatic carbocycles. The molecule has 4 aromatic rings. The van der Waals surface area contributed by atoms with E-state index in [1.165, 1.54) is 11.3 Å². The van der Waals surface area contributed by atoms with Crippen LogP contribution in [-0.4, -0.2) is 23.2 Å². The first-order chi connectivity index (χ1) is 16.5. The van der Waals surface area contributed by atoms with Crippen molar-refractivity contribution in [3.8, 4) is 17.2 Å². The van der Waals surface area contributed by atoms with Crippen LogP contribution in [0.25, 0.3) is 21.5 Å². The van der Waals surface area contributed by atoms with Crippen LogP contribution in [0.15, 0.2) is 89.1 Å². The van der Waals surface area contributed by atoms with Gasteiger partial charge < -0.3 is 20.2 Å². The minimum Gasteiger partial charge on any atom is -0.497 e. The molecule has 0 spiro atoms. The number of fused-ring (bicyclic) bond motifs is 1. The van der Waals surface area contributed by atoms with Crippen molar-refractivity contribution in [2.24, 2.45) is 5.73 Å². The normalized spacial score (nSPS) is 12.1. The Morgan fingerprint density at radius 2 is 2.00 bits per heavy atom. The Labute approximate surface area is 201 Å². The number of carbonyl (C=O) groups is 1. The Kier molecular flexibility index (Phi) is 6.89. The predicted octanol–water partition coefficient (Wildman–Crippen LogP) is 5.21. The van der Waals surface area contributed by atoms with E-state index in [-0.39, 0.29) is 5.91 Å². The van der Waals surface area contributed by atoms with E-state index in [9.17, 15) is 4.79 Å². The molecule has 2 aromatic heterocycles. The quantitative estimate of drug-likeness (QED) is 0.341. The average Bonchev–Trinajstić information content (AvgIpc) is 3.50. The monoisotopic (exact) mass is 472 g/mol. The van der Waals surface area contributed by atoms with Gasteiger partial charge in [-0.05, 0) is 60.3 Å². The Hall–Kier alpha value is -4.17. The zero-order valence-electron chi connectivity index (χ0n) is 18.9. The van der Waals surface area contributed by atoms with Gasteiger partial charge in [-0.15, -0.1) is 21.5 Å². The number of allylic oxidation sites excluding steroid dienone is 3. The van der Waals surface area contributed by atoms with Gasteiger partial charge in [0, 0.05) is 10.3 Å². The molecule has 8 heteroatoms. The van der Waals surface area contributed by atoms with Crippen LogP contribution in [0.3, 0.4) is 0 Å². The summed E-state index contributed by atoms with van der Waals surface area (Å²) in [6, 6.07) is 15.3. The molecular weight excluding hydrogens is 448 g/mol. The molecule has 0 atom stereocenters. The zero-order chi connectivity index (χ0) is 24.1. The lowest BCUT2D eigenvalue weighted by Crippen LogP contribution is -2.25. The first-order valence-electron chi connectivity index (χ1n) is 10.6. The summed E-state index contributed by atoms with van der Waals surface area (Å²) in [6.45, 7) is 5.48. The van der Waals surface area contributed by atoms with E-state index in [1.54, 1.807) is 25.3 Å². The van der Waals surface area contributed by atoms with Gasteiger partial charge in [-0.3, -0.25) is 4.79 Å². The average molecular weight is 473 g/mol. The number of thiophene rings is 1. The number of benzene rings is 2. The lowest BCUT2D eigenvalue weighted by atomic mass is 10.1. The molecule has 0 saturated carbocycles. The number of hydrogen-bond acceptors (Lipinski definition) is 7. The van der Waals surface area contributed by atoms with Crippen molar-refractivity contribution in [3.05, 3.63) is 101 Å². The molecule has 172 valence electrons. The lowest BCUT2D eigenvalue weighted by molar-refractivity contribution is 0.0970. The topological polar surface area (TPSA) is 103 Å². The number of hydrogen-bond donors (Lipinski definition) is 2. The Balaban J connectivity index is 1.50. The molecule has 3 N–H and O–H groups in total. The Bertz CT molecular complexity index is 1400. The van der Waals surface area contributed by atoms with Gasteiger partial charge in [0.1, 0.15) is 5.75 Å². The zero-order valence-corrected chi connectivity index (χ0v) is 19.7. The third-order valence-corrected chi connectivity index (χ3v) is 6.22. The molecule has 4 rings (SSSR count). The van der Waals surface area contributed by atoms with Gasteiger partial charge in [0.2, 0.25) is 11.8 Å². The van der Waals surface area contributed by atoms with Gasteiger partial charge in [0.15, 0.2) is 0 Å². The van der Waals surface area contributed by atoms with Crippen LogP contribution in [0, 0.1) is 0 Å². The molecule has 0 unspecified atom stereocenters. The fraction of sp³-hybridized carbons (Fsp3) is 0.115. The van der Waals surface area contributed by atoms with E-state index in [0.29, 0.717) is 34.5 Å². The maximum absolute atomic E-state index is 12.8. The van der Waals surface area contributed by atoms with Gasteiger partial charge in [-0.25, -0.2) is 0 Å². The van der Waals surface area contributed by atoms with E-state index in [4.69, 9.17) is 14.9 Å². The highest BCUT2D eigenvalue weighted by molar-refractivity contribution is 7.20. The second kappa shape index (κ2) is 10.2. The van der Waals surface area contributed by atoms with E-state index in [1.807, 2.05) is 55.5 Å². The molecule has 0 saturated heterocycles. The number of methoxy groups -OCH3 is 1. The molecule has 0 bridgehead atoms. The van der Waals surface area contributed by atoms with Crippen LogP contribution in [-0.2, 0) is 6.42 Å². The summed E-state index contributed by atoms with van der Waals surface area (Å²) in [4.78, 5) is 13.4. The smallest absolute Gasteiger partial charge is 0.265 e. The molecule has 0 aliphatic heterocycles. The number of carbonyl (C=O) groups excluding carboxylic acids is 1. The molecule has 0 fully saturated rings. The molecule has 34 heavy (non-hydrogen) atoms. The molecule has 2 aromatic carbocycles. The van der Waals surface area contributed by atoms with Gasteiger partial charge in [-0.1, -0.05) is 30.9 Å². The van der Waals surface area contributed by atoms with Gasteiger partial charge in [-0.2, -0.15) is 0 Å². The summed E-state index contributed by atoms with van der Waals surface area (Å²) in [5, 5.41) is 12.2. The molecule has 1 amide bonds. The number of rotatable bonds is 8. The first kappa shape index (κ1) is 23.0. The number of nitrogens with two attached hydrogens (primary N) is 1. The summed E-state index contributed by atoms with van der Waals surface area (Å²) in [5.41, 5.74) is 8.79.